The zero-order valence-corrected chi connectivity index (χ0v) is 63.8. The third-order valence-corrected chi connectivity index (χ3v) is 16.3. The number of carboxylic acids is 17. The highest BCUT2D eigenvalue weighted by molar-refractivity contribution is 7.86. The molecule has 0 bridgehead atoms. The van der Waals surface area contributed by atoms with Crippen LogP contribution in [-0.2, 0) is 92.2 Å². The van der Waals surface area contributed by atoms with Crippen molar-refractivity contribution >= 4 is 127 Å². The van der Waals surface area contributed by atoms with E-state index >= 15 is 0 Å². The number of Topliss-reactive ketones (excluding diaryl/α,β-unsaturated/α-hetero) is 1. The van der Waals surface area contributed by atoms with Gasteiger partial charge in [0.2, 0.25) is 0 Å². The third-order valence-electron chi connectivity index (χ3n) is 12.1. The second kappa shape index (κ2) is 65.4. The van der Waals surface area contributed by atoms with Gasteiger partial charge in [-0.05, 0) is 53.8 Å². The van der Waals surface area contributed by atoms with Crippen molar-refractivity contribution in [3.05, 3.63) is 150 Å². The zero-order chi connectivity index (χ0) is 94.0. The van der Waals surface area contributed by atoms with Crippen molar-refractivity contribution in [3.63, 3.8) is 0 Å². The molecule has 5 atom stereocenters. The number of carbonyl (C=O) groups is 18. The van der Waals surface area contributed by atoms with Crippen LogP contribution in [0.3, 0.4) is 0 Å². The number of benzene rings is 4. The summed E-state index contributed by atoms with van der Waals surface area (Å²) in [7, 11) is -9.33. The van der Waals surface area contributed by atoms with Crippen molar-refractivity contribution in [2.45, 2.75) is 134 Å². The maximum Gasteiger partial charge on any atom is 0.357 e. The van der Waals surface area contributed by atoms with E-state index in [1.165, 1.54) is 20.0 Å². The van der Waals surface area contributed by atoms with Gasteiger partial charge in [-0.2, -0.15) is 0 Å². The molecule has 4 aromatic rings. The summed E-state index contributed by atoms with van der Waals surface area (Å²) in [6, 6.07) is 26.0. The molecule has 1 fully saturated rings. The van der Waals surface area contributed by atoms with Crippen LogP contribution < -0.4 is 104 Å². The first-order chi connectivity index (χ1) is 54.6. The molecule has 0 saturated heterocycles. The fourth-order valence-corrected chi connectivity index (χ4v) is 9.89. The first-order valence-electron chi connectivity index (χ1n) is 31.3. The molecule has 46 nitrogen and oxygen atoms in total. The Morgan fingerprint density at radius 1 is 0.450 bits per heavy atom. The lowest BCUT2D eigenvalue weighted by Crippen LogP contribution is -3.61. The largest absolute Gasteiger partial charge is 0.748 e. The van der Waals surface area contributed by atoms with Crippen LogP contribution in [0.25, 0.3) is 0 Å². The van der Waals surface area contributed by atoms with Crippen LogP contribution in [0.1, 0.15) is 152 Å². The Bertz CT molecular complexity index is 4130. The van der Waals surface area contributed by atoms with E-state index in [0.29, 0.717) is 12.8 Å². The van der Waals surface area contributed by atoms with Gasteiger partial charge in [0, 0.05) is 85.0 Å². The number of carboxylic acid groups (broad SMARTS) is 17. The number of hydrogen-bond donors (Lipinski definition) is 6. The van der Waals surface area contributed by atoms with Gasteiger partial charge in [-0.25, -0.2) is 39.2 Å². The molecular formula is C67H66F4INO45S2-16. The van der Waals surface area contributed by atoms with Crippen molar-refractivity contribution in [1.29, 1.82) is 0 Å². The summed E-state index contributed by atoms with van der Waals surface area (Å²) in [6.45, 7) is 2.91. The van der Waals surface area contributed by atoms with E-state index in [1.807, 2.05) is 0 Å². The summed E-state index contributed by atoms with van der Waals surface area (Å²) in [5, 5.41) is 187. The molecule has 4 aromatic carbocycles. The number of aliphatic hydroxyl groups is 2. The van der Waals surface area contributed by atoms with Gasteiger partial charge in [-0.1, -0.05) is 120 Å². The van der Waals surface area contributed by atoms with Crippen molar-refractivity contribution in [1.82, 2.24) is 0 Å². The number of halogens is 5. The Hall–Kier alpha value is -12.7. The summed E-state index contributed by atoms with van der Waals surface area (Å²) < 4.78 is 112. The minimum absolute atomic E-state index is 0. The van der Waals surface area contributed by atoms with E-state index in [9.17, 15) is 192 Å². The number of aliphatic carboxylic acids is 13. The summed E-state index contributed by atoms with van der Waals surface area (Å²) >= 11 is 0.0287. The van der Waals surface area contributed by atoms with Crippen LogP contribution >= 0.6 is 0 Å². The molecule has 53 heteroatoms. The Balaban J connectivity index is -0.000000237. The molecule has 0 spiro atoms. The Labute approximate surface area is 683 Å². The number of rotatable bonds is 27. The highest BCUT2D eigenvalue weighted by Crippen LogP contribution is 2.25. The Kier molecular flexibility index (Phi) is 65.7. The molecule has 0 heterocycles. The SMILES string of the molecule is C.C=C(CC(=O)[O-])C(=O)[O-].NC(CC(=O)[O-])S(=O)(=O)[O-].O=C([O-])C(=O)O.O=C([O-])C1CCCCCCCCCC1O[O-].O=C([O-])CC(=O)CC(=O)O.O=C([O-])CC(=O)O.O=C([O-])CC(O)C(O)CC(=O)[O-].O=C([O-])CS(=O)(=O)[O-].O=C([O-])c1c(F)c(F)c(F)c(F)c1C(=O)[O-].O=C([O-])c1ccc(C(=O)[O-])cc1.c1ccc([I+]c2ccccc2)cc1. The van der Waals surface area contributed by atoms with Crippen LogP contribution in [-0.4, -0.2) is 188 Å². The van der Waals surface area contributed by atoms with Gasteiger partial charge < -0.3 is 189 Å². The third kappa shape index (κ3) is 67.5. The van der Waals surface area contributed by atoms with Gasteiger partial charge in [0.1, 0.15) is 37.8 Å². The number of hydrogen-bond acceptors (Lipinski definition) is 43. The van der Waals surface area contributed by atoms with Crippen molar-refractivity contribution in [2.75, 3.05) is 5.75 Å². The van der Waals surface area contributed by atoms with E-state index in [4.69, 9.17) is 40.2 Å². The van der Waals surface area contributed by atoms with Crippen LogP contribution in [0.4, 0.5) is 17.6 Å². The smallest absolute Gasteiger partial charge is 0.357 e. The minimum Gasteiger partial charge on any atom is -0.748 e. The fourth-order valence-electron chi connectivity index (χ4n) is 6.99. The highest BCUT2D eigenvalue weighted by atomic mass is 127. The fraction of sp³-hybridized carbons (Fsp3) is 0.343. The molecule has 5 rings (SSSR count). The molecule has 1 saturated carbocycles. The highest BCUT2D eigenvalue weighted by Gasteiger charge is 2.27. The molecule has 7 N–H and O–H groups in total. The van der Waals surface area contributed by atoms with Gasteiger partial charge in [0.15, 0.2) is 36.4 Å². The van der Waals surface area contributed by atoms with E-state index in [1.54, 1.807) is 0 Å². The lowest BCUT2D eigenvalue weighted by atomic mass is 9.93. The molecule has 0 radical (unpaired) electrons. The minimum atomic E-state index is -4.69. The lowest BCUT2D eigenvalue weighted by Gasteiger charge is -2.30. The molecule has 0 aliphatic heterocycles. The van der Waals surface area contributed by atoms with Gasteiger partial charge >= 0.3 is 39.1 Å². The van der Waals surface area contributed by atoms with E-state index in [0.717, 1.165) is 56.4 Å². The number of ketones is 1. The van der Waals surface area contributed by atoms with Gasteiger partial charge in [0.05, 0.1) is 72.3 Å². The number of aromatic carboxylic acids is 4. The quantitative estimate of drug-likeness (QED) is 0.00308. The van der Waals surface area contributed by atoms with E-state index in [-0.39, 0.29) is 39.8 Å². The predicted octanol–water partition coefficient (Wildman–Crippen LogP) is -19.8. The number of aliphatic hydroxyl groups excluding tert-OH is 2. The normalized spacial score (nSPS) is 12.9. The topological polar surface area (TPSA) is 904 Å². The van der Waals surface area contributed by atoms with Crippen LogP contribution in [0.5, 0.6) is 0 Å². The maximum atomic E-state index is 12.8. The van der Waals surface area contributed by atoms with Crippen LogP contribution in [0.15, 0.2) is 97.1 Å². The van der Waals surface area contributed by atoms with Crippen molar-refractivity contribution in [3.8, 4) is 0 Å². The summed E-state index contributed by atoms with van der Waals surface area (Å²) in [6.07, 6.45) is -1.31. The molecule has 1 aliphatic rings. The summed E-state index contributed by atoms with van der Waals surface area (Å²) in [5.74, 6) is -41.0. The van der Waals surface area contributed by atoms with E-state index in [2.05, 4.69) is 77.9 Å². The van der Waals surface area contributed by atoms with Crippen LogP contribution in [0.2, 0.25) is 0 Å². The molecule has 0 aromatic heterocycles. The molecule has 672 valence electrons. The molecule has 120 heavy (non-hydrogen) atoms. The van der Waals surface area contributed by atoms with Gasteiger partial charge in [-0.15, -0.1) is 0 Å². The van der Waals surface area contributed by atoms with Crippen molar-refractivity contribution in [2.24, 2.45) is 11.7 Å². The second-order valence-electron chi connectivity index (χ2n) is 21.6. The number of nitrogens with two attached hydrogens (primary N) is 1. The van der Waals surface area contributed by atoms with Crippen molar-refractivity contribution < 1.29 is 258 Å². The van der Waals surface area contributed by atoms with E-state index < -0.39 is 248 Å². The Morgan fingerprint density at radius 3 is 0.983 bits per heavy atom. The molecule has 5 unspecified atom stereocenters. The number of carbonyl (C=O) groups excluding carboxylic acids is 15. The monoisotopic (exact) mass is 1870 g/mol. The lowest BCUT2D eigenvalue weighted by molar-refractivity contribution is -0.705. The van der Waals surface area contributed by atoms with Gasteiger partial charge in [0.25, 0.3) is 0 Å². The predicted molar refractivity (Wildman–Crippen MR) is 341 cm³/mol. The summed E-state index contributed by atoms with van der Waals surface area (Å²) in [5.41, 5.74) is 0.175. The zero-order valence-electron chi connectivity index (χ0n) is 60.0. The van der Waals surface area contributed by atoms with Crippen LogP contribution in [0, 0.1) is 36.3 Å². The second-order valence-corrected chi connectivity index (χ2v) is 27.7. The molecule has 1 aliphatic carbocycles. The standard InChI is InChI=1S/C12H10I.C12H22O4.C8H2F4O4.C8H6O4.C6H10O6.C5H6O5.C5H6O4.C3H7NO5S.C3H4O4.C2H4O5S.C2H2O4.CH4/c1-3-7-11(8-4-1)13-12-9-5-2-6-10-12;13-12(14)10-8-6-4-2-1-3-5-7-9-11(10)16-15;9-3-1(7(13)14)2(8(15)16)4(10)6(12)5(3)11;9-7(10)5-1-2-6(4-3-5)8(11)12;7-3(1-5(9)10)4(8)2-6(11)12;6-3(1-4(7)8)2-5(9)10;1-3(5(8)9)2-4(6)7;4-2(1-3(5)6)10(7,8)9;4-2(5)1-3(6)7;3-2(4)1-8(5,6)7;3-1(4)2(5)6;/h1-10H;10-11,15H,1-9H2,(H,13,14);(H,13,14)(H,15,16);1-4H,(H,9,10)(H,11,12);3-4,7-8H,1-2H2,(H,9,10)(H,11,12);1-2H2,(H,7,8)(H,9,10);1-2H2,(H,6,7)(H,8,9);2H,1,4H2,(H,5,6)(H,7,8,9);1H2,(H,4,5)(H,6,7);1H2,(H,3,4)(H,5,6,7);(H,3,4)(H,5,6);1H4/q+1;;;;;;;;;;;/p-17. The van der Waals surface area contributed by atoms with Gasteiger partial charge in [-0.3, -0.25) is 14.4 Å². The Morgan fingerprint density at radius 2 is 0.775 bits per heavy atom. The average molecular weight is 1870 g/mol. The first kappa shape index (κ1) is 121. The summed E-state index contributed by atoms with van der Waals surface area (Å²) in [4.78, 5) is 180. The molecular weight excluding hydrogens is 1810 g/mol. The average Bonchev–Trinajstić information content (AvgIpc) is 0.782. The molecule has 0 amide bonds. The maximum absolute atomic E-state index is 12.8. The first-order valence-corrected chi connectivity index (χ1v) is 36.6.